The molecule has 5 heteroatoms. The fourth-order valence-corrected chi connectivity index (χ4v) is 2.08. The van der Waals surface area contributed by atoms with Crippen LogP contribution in [0.4, 0.5) is 14.5 Å². The molecular formula is C16H13F2N3. The van der Waals surface area contributed by atoms with E-state index < -0.39 is 11.6 Å². The predicted molar refractivity (Wildman–Crippen MR) is 78.1 cm³/mol. The van der Waals surface area contributed by atoms with Crippen molar-refractivity contribution in [1.29, 1.82) is 0 Å². The van der Waals surface area contributed by atoms with E-state index in [0.29, 0.717) is 16.9 Å². The summed E-state index contributed by atoms with van der Waals surface area (Å²) in [7, 11) is 0. The molecule has 1 aromatic heterocycles. The molecule has 0 aliphatic heterocycles. The third-order valence-corrected chi connectivity index (χ3v) is 3.23. The van der Waals surface area contributed by atoms with E-state index in [4.69, 9.17) is 5.73 Å². The van der Waals surface area contributed by atoms with Crippen LogP contribution in [0.2, 0.25) is 0 Å². The Hall–Kier alpha value is -2.69. The summed E-state index contributed by atoms with van der Waals surface area (Å²) >= 11 is 0. The van der Waals surface area contributed by atoms with Crippen molar-refractivity contribution in [3.63, 3.8) is 0 Å². The smallest absolute Gasteiger partial charge is 0.159 e. The lowest BCUT2D eigenvalue weighted by Crippen LogP contribution is -1.95. The Kier molecular flexibility index (Phi) is 3.17. The number of nitrogens with two attached hydrogens (primary N) is 1. The van der Waals surface area contributed by atoms with Gasteiger partial charge in [0.15, 0.2) is 11.6 Å². The average molecular weight is 285 g/mol. The van der Waals surface area contributed by atoms with Gasteiger partial charge in [0, 0.05) is 5.56 Å². The van der Waals surface area contributed by atoms with Gasteiger partial charge in [-0.1, -0.05) is 17.7 Å². The van der Waals surface area contributed by atoms with Crippen molar-refractivity contribution < 1.29 is 8.78 Å². The van der Waals surface area contributed by atoms with E-state index in [1.165, 1.54) is 6.07 Å². The third kappa shape index (κ3) is 2.50. The molecular weight excluding hydrogens is 272 g/mol. The number of anilines is 1. The van der Waals surface area contributed by atoms with Gasteiger partial charge in [-0.2, -0.15) is 5.10 Å². The van der Waals surface area contributed by atoms with Crippen LogP contribution in [-0.2, 0) is 0 Å². The minimum Gasteiger partial charge on any atom is -0.396 e. The Bertz CT molecular complexity index is 792. The molecule has 3 rings (SSSR count). The monoisotopic (exact) mass is 285 g/mol. The SMILES string of the molecule is Cc1ccc(-n2cc(N)c(-c3ccc(F)c(F)c3)n2)cc1. The third-order valence-electron chi connectivity index (χ3n) is 3.23. The Morgan fingerprint density at radius 3 is 2.38 bits per heavy atom. The normalized spacial score (nSPS) is 10.8. The largest absolute Gasteiger partial charge is 0.396 e. The zero-order chi connectivity index (χ0) is 15.0. The number of hydrogen-bond acceptors (Lipinski definition) is 2. The van der Waals surface area contributed by atoms with Crippen molar-refractivity contribution >= 4 is 5.69 Å². The molecule has 2 aromatic carbocycles. The van der Waals surface area contributed by atoms with E-state index in [1.54, 1.807) is 10.9 Å². The molecule has 0 aliphatic carbocycles. The Morgan fingerprint density at radius 2 is 1.71 bits per heavy atom. The zero-order valence-corrected chi connectivity index (χ0v) is 11.3. The Morgan fingerprint density at radius 1 is 1.00 bits per heavy atom. The van der Waals surface area contributed by atoms with Gasteiger partial charge in [-0.15, -0.1) is 0 Å². The highest BCUT2D eigenvalue weighted by atomic mass is 19.2. The summed E-state index contributed by atoms with van der Waals surface area (Å²) in [5.74, 6) is -1.81. The van der Waals surface area contributed by atoms with E-state index in [2.05, 4.69) is 5.10 Å². The van der Waals surface area contributed by atoms with E-state index in [1.807, 2.05) is 31.2 Å². The van der Waals surface area contributed by atoms with Gasteiger partial charge in [0.2, 0.25) is 0 Å². The van der Waals surface area contributed by atoms with Gasteiger partial charge in [-0.3, -0.25) is 0 Å². The first-order valence-corrected chi connectivity index (χ1v) is 6.42. The number of aryl methyl sites for hydroxylation is 1. The van der Waals surface area contributed by atoms with Gasteiger partial charge < -0.3 is 5.73 Å². The van der Waals surface area contributed by atoms with Gasteiger partial charge >= 0.3 is 0 Å². The van der Waals surface area contributed by atoms with Crippen LogP contribution < -0.4 is 5.73 Å². The molecule has 0 bridgehead atoms. The molecule has 1 heterocycles. The molecule has 3 nitrogen and oxygen atoms in total. The van der Waals surface area contributed by atoms with Crippen molar-refractivity contribution in [1.82, 2.24) is 9.78 Å². The molecule has 0 atom stereocenters. The molecule has 21 heavy (non-hydrogen) atoms. The van der Waals surface area contributed by atoms with Crippen LogP contribution in [0.15, 0.2) is 48.7 Å². The molecule has 0 amide bonds. The molecule has 0 aliphatic rings. The highest BCUT2D eigenvalue weighted by molar-refractivity contribution is 5.72. The van der Waals surface area contributed by atoms with E-state index in [-0.39, 0.29) is 0 Å². The second kappa shape index (κ2) is 5.01. The average Bonchev–Trinajstić information content (AvgIpc) is 2.85. The van der Waals surface area contributed by atoms with E-state index in [0.717, 1.165) is 23.4 Å². The first-order chi connectivity index (χ1) is 10.0. The van der Waals surface area contributed by atoms with Crippen molar-refractivity contribution in [2.45, 2.75) is 6.92 Å². The Labute approximate surface area is 120 Å². The van der Waals surface area contributed by atoms with Crippen LogP contribution in [0, 0.1) is 18.6 Å². The quantitative estimate of drug-likeness (QED) is 0.780. The molecule has 0 saturated carbocycles. The summed E-state index contributed by atoms with van der Waals surface area (Å²) in [4.78, 5) is 0. The number of rotatable bonds is 2. The lowest BCUT2D eigenvalue weighted by molar-refractivity contribution is 0.509. The standard InChI is InChI=1S/C16H13F2N3/c1-10-2-5-12(6-3-10)21-9-15(19)16(20-21)11-4-7-13(17)14(18)8-11/h2-9H,19H2,1H3. The minimum absolute atomic E-state index is 0.404. The molecule has 0 saturated heterocycles. The maximum Gasteiger partial charge on any atom is 0.159 e. The number of benzene rings is 2. The molecule has 0 spiro atoms. The van der Waals surface area contributed by atoms with E-state index in [9.17, 15) is 8.78 Å². The summed E-state index contributed by atoms with van der Waals surface area (Å²) in [6, 6.07) is 11.4. The molecule has 106 valence electrons. The fraction of sp³-hybridized carbons (Fsp3) is 0.0625. The van der Waals surface area contributed by atoms with Gasteiger partial charge in [-0.05, 0) is 37.3 Å². The van der Waals surface area contributed by atoms with Crippen molar-refractivity contribution in [3.05, 3.63) is 65.9 Å². The van der Waals surface area contributed by atoms with Crippen LogP contribution in [-0.4, -0.2) is 9.78 Å². The zero-order valence-electron chi connectivity index (χ0n) is 11.3. The van der Waals surface area contributed by atoms with Crippen molar-refractivity contribution in [2.24, 2.45) is 0 Å². The number of halogens is 2. The van der Waals surface area contributed by atoms with Crippen LogP contribution in [0.25, 0.3) is 16.9 Å². The maximum atomic E-state index is 13.3. The van der Waals surface area contributed by atoms with Gasteiger partial charge in [0.25, 0.3) is 0 Å². The van der Waals surface area contributed by atoms with Gasteiger partial charge in [0.1, 0.15) is 5.69 Å². The first-order valence-electron chi connectivity index (χ1n) is 6.42. The molecule has 3 aromatic rings. The van der Waals surface area contributed by atoms with Gasteiger partial charge in [0.05, 0.1) is 17.6 Å². The molecule has 0 radical (unpaired) electrons. The fourth-order valence-electron chi connectivity index (χ4n) is 2.08. The summed E-state index contributed by atoms with van der Waals surface area (Å²) in [6.07, 6.45) is 1.65. The Balaban J connectivity index is 2.05. The molecule has 0 fully saturated rings. The maximum absolute atomic E-state index is 13.3. The highest BCUT2D eigenvalue weighted by Crippen LogP contribution is 2.26. The first kappa shape index (κ1) is 13.3. The van der Waals surface area contributed by atoms with E-state index >= 15 is 0 Å². The second-order valence-corrected chi connectivity index (χ2v) is 4.84. The predicted octanol–water partition coefficient (Wildman–Crippen LogP) is 3.71. The number of aromatic nitrogens is 2. The number of hydrogen-bond donors (Lipinski definition) is 1. The summed E-state index contributed by atoms with van der Waals surface area (Å²) < 4.78 is 27.9. The summed E-state index contributed by atoms with van der Waals surface area (Å²) in [6.45, 7) is 1.99. The second-order valence-electron chi connectivity index (χ2n) is 4.84. The molecule has 0 unspecified atom stereocenters. The van der Waals surface area contributed by atoms with Crippen LogP contribution in [0.3, 0.4) is 0 Å². The van der Waals surface area contributed by atoms with Crippen LogP contribution >= 0.6 is 0 Å². The van der Waals surface area contributed by atoms with Crippen molar-refractivity contribution in [2.75, 3.05) is 5.73 Å². The van der Waals surface area contributed by atoms with Crippen LogP contribution in [0.5, 0.6) is 0 Å². The van der Waals surface area contributed by atoms with Gasteiger partial charge in [-0.25, -0.2) is 13.5 Å². The topological polar surface area (TPSA) is 43.8 Å². The number of nitrogen functional groups attached to an aromatic ring is 1. The number of nitrogens with zero attached hydrogens (tertiary/aromatic N) is 2. The summed E-state index contributed by atoms with van der Waals surface area (Å²) in [5, 5.41) is 4.35. The van der Waals surface area contributed by atoms with Crippen LogP contribution in [0.1, 0.15) is 5.56 Å². The lowest BCUT2D eigenvalue weighted by atomic mass is 10.1. The highest BCUT2D eigenvalue weighted by Gasteiger charge is 2.12. The molecule has 2 N–H and O–H groups in total. The summed E-state index contributed by atoms with van der Waals surface area (Å²) in [5.41, 5.74) is 9.19. The van der Waals surface area contributed by atoms with Crippen molar-refractivity contribution in [3.8, 4) is 16.9 Å². The lowest BCUT2D eigenvalue weighted by Gasteiger charge is -2.02. The minimum atomic E-state index is -0.920.